The standard InChI is InChI=1S/C16H15FN2OS/c1-11-6-8-21-15(11)10-19-16(20)13-5-4-12(3-2-7-18)9-14(13)17/h4-6,8-9H,7,10,18H2,1H3,(H,19,20). The molecular weight excluding hydrogens is 287 g/mol. The van der Waals surface area contributed by atoms with E-state index in [9.17, 15) is 9.18 Å². The number of amides is 1. The van der Waals surface area contributed by atoms with Crippen molar-refractivity contribution >= 4 is 17.2 Å². The molecule has 0 radical (unpaired) electrons. The minimum absolute atomic E-state index is 0.0162. The van der Waals surface area contributed by atoms with E-state index in [4.69, 9.17) is 5.73 Å². The molecule has 0 atom stereocenters. The van der Waals surface area contributed by atoms with Crippen LogP contribution in [-0.4, -0.2) is 12.5 Å². The lowest BCUT2D eigenvalue weighted by Gasteiger charge is -2.06. The zero-order chi connectivity index (χ0) is 15.2. The van der Waals surface area contributed by atoms with Gasteiger partial charge in [-0.15, -0.1) is 11.3 Å². The number of benzene rings is 1. The number of hydrogen-bond acceptors (Lipinski definition) is 3. The van der Waals surface area contributed by atoms with Crippen molar-refractivity contribution in [3.8, 4) is 11.8 Å². The highest BCUT2D eigenvalue weighted by Gasteiger charge is 2.12. The van der Waals surface area contributed by atoms with E-state index in [0.29, 0.717) is 12.1 Å². The van der Waals surface area contributed by atoms with Crippen LogP contribution in [0.25, 0.3) is 0 Å². The molecule has 0 aliphatic rings. The number of rotatable bonds is 3. The second-order valence-electron chi connectivity index (χ2n) is 4.41. The van der Waals surface area contributed by atoms with Crippen molar-refractivity contribution in [3.05, 3.63) is 57.0 Å². The molecule has 1 amide bonds. The van der Waals surface area contributed by atoms with Gasteiger partial charge in [0.25, 0.3) is 5.91 Å². The smallest absolute Gasteiger partial charge is 0.254 e. The quantitative estimate of drug-likeness (QED) is 0.856. The van der Waals surface area contributed by atoms with Gasteiger partial charge in [0.05, 0.1) is 18.7 Å². The minimum atomic E-state index is -0.584. The third kappa shape index (κ3) is 3.91. The normalized spacial score (nSPS) is 9.86. The molecule has 1 aromatic carbocycles. The molecule has 1 heterocycles. The van der Waals surface area contributed by atoms with E-state index in [2.05, 4.69) is 17.2 Å². The molecular formula is C16H15FN2OS. The Kier molecular flexibility index (Phi) is 5.09. The molecule has 3 N–H and O–H groups in total. The monoisotopic (exact) mass is 302 g/mol. The molecule has 2 rings (SSSR count). The number of halogens is 1. The van der Waals surface area contributed by atoms with E-state index in [1.807, 2.05) is 18.4 Å². The second kappa shape index (κ2) is 7.02. The first-order valence-electron chi connectivity index (χ1n) is 6.41. The van der Waals surface area contributed by atoms with Crippen molar-refractivity contribution in [1.29, 1.82) is 0 Å². The average molecular weight is 302 g/mol. The number of thiophene rings is 1. The van der Waals surface area contributed by atoms with Crippen molar-refractivity contribution in [2.24, 2.45) is 5.73 Å². The molecule has 5 heteroatoms. The molecule has 21 heavy (non-hydrogen) atoms. The van der Waals surface area contributed by atoms with Crippen LogP contribution < -0.4 is 11.1 Å². The Morgan fingerprint density at radius 3 is 2.86 bits per heavy atom. The molecule has 0 aliphatic carbocycles. The van der Waals surface area contributed by atoms with Crippen molar-refractivity contribution in [2.75, 3.05) is 6.54 Å². The van der Waals surface area contributed by atoms with E-state index in [-0.39, 0.29) is 12.1 Å². The van der Waals surface area contributed by atoms with Crippen LogP contribution in [0.1, 0.15) is 26.4 Å². The van der Waals surface area contributed by atoms with Crippen LogP contribution >= 0.6 is 11.3 Å². The number of nitrogens with two attached hydrogens (primary N) is 1. The first-order valence-corrected chi connectivity index (χ1v) is 7.29. The van der Waals surface area contributed by atoms with Gasteiger partial charge in [-0.3, -0.25) is 4.79 Å². The van der Waals surface area contributed by atoms with Crippen molar-refractivity contribution in [2.45, 2.75) is 13.5 Å². The van der Waals surface area contributed by atoms with Crippen LogP contribution in [0.4, 0.5) is 4.39 Å². The third-order valence-corrected chi connectivity index (χ3v) is 3.95. The van der Waals surface area contributed by atoms with Gasteiger partial charge in [-0.05, 0) is 42.1 Å². The van der Waals surface area contributed by atoms with Gasteiger partial charge >= 0.3 is 0 Å². The average Bonchev–Trinajstić information content (AvgIpc) is 2.88. The number of aryl methyl sites for hydroxylation is 1. The predicted molar refractivity (Wildman–Crippen MR) is 82.6 cm³/mol. The van der Waals surface area contributed by atoms with E-state index in [1.54, 1.807) is 17.4 Å². The molecule has 3 nitrogen and oxygen atoms in total. The number of carbonyl (C=O) groups is 1. The summed E-state index contributed by atoms with van der Waals surface area (Å²) in [5.41, 5.74) is 6.90. The van der Waals surface area contributed by atoms with E-state index in [0.717, 1.165) is 10.4 Å². The van der Waals surface area contributed by atoms with Crippen molar-refractivity contribution in [1.82, 2.24) is 5.32 Å². The van der Waals surface area contributed by atoms with Gasteiger partial charge in [0.15, 0.2) is 0 Å². The molecule has 0 saturated carbocycles. The highest BCUT2D eigenvalue weighted by Crippen LogP contribution is 2.15. The Bertz CT molecular complexity index is 713. The van der Waals surface area contributed by atoms with Gasteiger partial charge in [0.2, 0.25) is 0 Å². The Hall–Kier alpha value is -2.16. The summed E-state index contributed by atoms with van der Waals surface area (Å²) in [5, 5.41) is 4.68. The molecule has 0 aliphatic heterocycles. The highest BCUT2D eigenvalue weighted by atomic mass is 32.1. The van der Waals surface area contributed by atoms with Crippen molar-refractivity contribution in [3.63, 3.8) is 0 Å². The van der Waals surface area contributed by atoms with Gasteiger partial charge in [0.1, 0.15) is 5.82 Å². The van der Waals surface area contributed by atoms with E-state index >= 15 is 0 Å². The predicted octanol–water partition coefficient (Wildman–Crippen LogP) is 2.44. The van der Waals surface area contributed by atoms with Crippen LogP contribution in [0.2, 0.25) is 0 Å². The van der Waals surface area contributed by atoms with Gasteiger partial charge in [-0.1, -0.05) is 11.8 Å². The summed E-state index contributed by atoms with van der Waals surface area (Å²) in [4.78, 5) is 13.1. The van der Waals surface area contributed by atoms with Gasteiger partial charge in [-0.2, -0.15) is 0 Å². The van der Waals surface area contributed by atoms with Gasteiger partial charge < -0.3 is 11.1 Å². The SMILES string of the molecule is Cc1ccsc1CNC(=O)c1ccc(C#CCN)cc1F. The molecule has 1 aromatic heterocycles. The fraction of sp³-hybridized carbons (Fsp3) is 0.188. The second-order valence-corrected chi connectivity index (χ2v) is 5.41. The molecule has 0 saturated heterocycles. The lowest BCUT2D eigenvalue weighted by molar-refractivity contribution is 0.0947. The van der Waals surface area contributed by atoms with E-state index < -0.39 is 11.7 Å². The zero-order valence-corrected chi connectivity index (χ0v) is 12.4. The molecule has 0 fully saturated rings. The maximum absolute atomic E-state index is 13.9. The van der Waals surface area contributed by atoms with Crippen molar-refractivity contribution < 1.29 is 9.18 Å². The lowest BCUT2D eigenvalue weighted by atomic mass is 10.1. The third-order valence-electron chi connectivity index (χ3n) is 2.93. The number of nitrogens with one attached hydrogen (secondary N) is 1. The summed E-state index contributed by atoms with van der Waals surface area (Å²) in [6.45, 7) is 2.59. The maximum atomic E-state index is 13.9. The molecule has 0 unspecified atom stereocenters. The fourth-order valence-corrected chi connectivity index (χ4v) is 2.62. The topological polar surface area (TPSA) is 55.1 Å². The highest BCUT2D eigenvalue weighted by molar-refractivity contribution is 7.10. The summed E-state index contributed by atoms with van der Waals surface area (Å²) in [6, 6.07) is 6.27. The molecule has 0 spiro atoms. The number of carbonyl (C=O) groups excluding carboxylic acids is 1. The first-order chi connectivity index (χ1) is 10.1. The summed E-state index contributed by atoms with van der Waals surface area (Å²) in [5.74, 6) is 4.35. The summed E-state index contributed by atoms with van der Waals surface area (Å²) < 4.78 is 13.9. The summed E-state index contributed by atoms with van der Waals surface area (Å²) in [6.07, 6.45) is 0. The van der Waals surface area contributed by atoms with Crippen LogP contribution in [0.15, 0.2) is 29.6 Å². The summed E-state index contributed by atoms with van der Waals surface area (Å²) in [7, 11) is 0. The van der Waals surface area contributed by atoms with Crippen LogP contribution in [0, 0.1) is 24.6 Å². The molecule has 0 bridgehead atoms. The molecule has 2 aromatic rings. The Balaban J connectivity index is 2.07. The largest absolute Gasteiger partial charge is 0.347 e. The fourth-order valence-electron chi connectivity index (χ4n) is 1.77. The molecule has 108 valence electrons. The van der Waals surface area contributed by atoms with Gasteiger partial charge in [-0.25, -0.2) is 4.39 Å². The minimum Gasteiger partial charge on any atom is -0.347 e. The Labute approximate surface area is 127 Å². The number of hydrogen-bond donors (Lipinski definition) is 2. The van der Waals surface area contributed by atoms with Gasteiger partial charge in [0, 0.05) is 10.4 Å². The lowest BCUT2D eigenvalue weighted by Crippen LogP contribution is -2.23. The summed E-state index contributed by atoms with van der Waals surface area (Å²) >= 11 is 1.56. The first kappa shape index (κ1) is 15.2. The van der Waals surface area contributed by atoms with Crippen LogP contribution in [-0.2, 0) is 6.54 Å². The zero-order valence-electron chi connectivity index (χ0n) is 11.6. The Morgan fingerprint density at radius 1 is 1.43 bits per heavy atom. The van der Waals surface area contributed by atoms with E-state index in [1.165, 1.54) is 12.1 Å². The van der Waals surface area contributed by atoms with Crippen LogP contribution in [0.5, 0.6) is 0 Å². The van der Waals surface area contributed by atoms with Crippen LogP contribution in [0.3, 0.4) is 0 Å². The Morgan fingerprint density at radius 2 is 2.24 bits per heavy atom. The maximum Gasteiger partial charge on any atom is 0.254 e.